The van der Waals surface area contributed by atoms with Gasteiger partial charge in [-0.2, -0.15) is 5.10 Å². The molecule has 3 aromatic rings. The highest BCUT2D eigenvalue weighted by Crippen LogP contribution is 2.27. The summed E-state index contributed by atoms with van der Waals surface area (Å²) >= 11 is 0. The van der Waals surface area contributed by atoms with Crippen LogP contribution in [0.25, 0.3) is 10.8 Å². The number of rotatable bonds is 7. The Labute approximate surface area is 157 Å². The summed E-state index contributed by atoms with van der Waals surface area (Å²) in [6.07, 6.45) is 2.84. The van der Waals surface area contributed by atoms with Crippen LogP contribution in [0.15, 0.2) is 53.3 Å². The lowest BCUT2D eigenvalue weighted by molar-refractivity contribution is 0.0723. The highest BCUT2D eigenvalue weighted by Gasteiger charge is 2.19. The maximum absolute atomic E-state index is 12.8. The van der Waals surface area contributed by atoms with Crippen molar-refractivity contribution >= 4 is 16.7 Å². The van der Waals surface area contributed by atoms with Crippen LogP contribution in [0.1, 0.15) is 36.7 Å². The first-order valence-corrected chi connectivity index (χ1v) is 9.00. The molecule has 0 saturated carbocycles. The zero-order chi connectivity index (χ0) is 19.2. The summed E-state index contributed by atoms with van der Waals surface area (Å²) < 4.78 is 12.1. The summed E-state index contributed by atoms with van der Waals surface area (Å²) in [5.41, 5.74) is -0.0804. The maximum Gasteiger partial charge on any atom is 0.364 e. The van der Waals surface area contributed by atoms with Crippen molar-refractivity contribution in [2.45, 2.75) is 32.7 Å². The number of fused-ring (bicyclic) bond motifs is 1. The second-order valence-electron chi connectivity index (χ2n) is 6.17. The van der Waals surface area contributed by atoms with Crippen LogP contribution < -0.4 is 15.0 Å². The molecule has 2 aromatic carbocycles. The third kappa shape index (κ3) is 4.00. The number of carbonyl (C=O) groups is 1. The first kappa shape index (κ1) is 18.6. The Morgan fingerprint density at radius 2 is 1.67 bits per heavy atom. The van der Waals surface area contributed by atoms with Gasteiger partial charge in [0.25, 0.3) is 5.56 Å². The number of esters is 1. The third-order valence-corrected chi connectivity index (χ3v) is 4.31. The number of unbranched alkanes of at least 4 members (excludes halogenated alkanes) is 2. The fourth-order valence-corrected chi connectivity index (χ4v) is 2.90. The van der Waals surface area contributed by atoms with Crippen LogP contribution in [-0.2, 0) is 6.54 Å². The molecule has 3 rings (SSSR count). The zero-order valence-electron chi connectivity index (χ0n) is 15.5. The Kier molecular flexibility index (Phi) is 5.86. The van der Waals surface area contributed by atoms with Gasteiger partial charge in [0.15, 0.2) is 17.2 Å². The quantitative estimate of drug-likeness (QED) is 0.361. The highest BCUT2D eigenvalue weighted by atomic mass is 16.6. The number of ether oxygens (including phenoxy) is 2. The van der Waals surface area contributed by atoms with Crippen LogP contribution in [-0.4, -0.2) is 22.9 Å². The number of aromatic nitrogens is 2. The van der Waals surface area contributed by atoms with Crippen molar-refractivity contribution in [3.63, 3.8) is 0 Å². The van der Waals surface area contributed by atoms with Gasteiger partial charge >= 0.3 is 5.97 Å². The van der Waals surface area contributed by atoms with Gasteiger partial charge in [-0.25, -0.2) is 9.48 Å². The zero-order valence-corrected chi connectivity index (χ0v) is 15.5. The molecule has 0 atom stereocenters. The van der Waals surface area contributed by atoms with Gasteiger partial charge < -0.3 is 9.47 Å². The molecule has 0 unspecified atom stereocenters. The fraction of sp³-hybridized carbons (Fsp3) is 0.286. The lowest BCUT2D eigenvalue weighted by atomic mass is 10.1. The molecule has 0 aliphatic rings. The minimum atomic E-state index is -0.625. The molecule has 27 heavy (non-hydrogen) atoms. The number of para-hydroxylation sites is 2. The summed E-state index contributed by atoms with van der Waals surface area (Å²) in [5.74, 6) is 0.131. The minimum absolute atomic E-state index is 0.118. The summed E-state index contributed by atoms with van der Waals surface area (Å²) in [6, 6.07) is 13.9. The molecule has 0 fully saturated rings. The van der Waals surface area contributed by atoms with Crippen molar-refractivity contribution in [3.8, 4) is 11.5 Å². The van der Waals surface area contributed by atoms with E-state index in [1.807, 2.05) is 0 Å². The van der Waals surface area contributed by atoms with E-state index in [1.165, 1.54) is 11.8 Å². The van der Waals surface area contributed by atoms with Crippen molar-refractivity contribution < 1.29 is 14.3 Å². The number of methoxy groups -OCH3 is 1. The number of hydrogen-bond acceptors (Lipinski definition) is 5. The van der Waals surface area contributed by atoms with E-state index in [2.05, 4.69) is 12.0 Å². The molecule has 0 spiro atoms. The number of carbonyl (C=O) groups excluding carboxylic acids is 1. The van der Waals surface area contributed by atoms with Gasteiger partial charge in [0.1, 0.15) is 0 Å². The summed E-state index contributed by atoms with van der Waals surface area (Å²) in [4.78, 5) is 25.5. The van der Waals surface area contributed by atoms with Gasteiger partial charge in [-0.1, -0.05) is 50.1 Å². The Morgan fingerprint density at radius 1 is 1.00 bits per heavy atom. The number of benzene rings is 2. The topological polar surface area (TPSA) is 70.4 Å². The smallest absolute Gasteiger partial charge is 0.364 e. The number of aryl methyl sites for hydroxylation is 1. The molecule has 6 heteroatoms. The predicted octanol–water partition coefficient (Wildman–Crippen LogP) is 3.81. The van der Waals surface area contributed by atoms with Crippen molar-refractivity contribution in [1.29, 1.82) is 0 Å². The van der Waals surface area contributed by atoms with Crippen LogP contribution >= 0.6 is 0 Å². The van der Waals surface area contributed by atoms with Gasteiger partial charge in [0, 0.05) is 11.9 Å². The van der Waals surface area contributed by atoms with Crippen molar-refractivity contribution in [2.75, 3.05) is 7.11 Å². The first-order chi connectivity index (χ1) is 13.2. The summed E-state index contributed by atoms with van der Waals surface area (Å²) in [6.45, 7) is 2.55. The summed E-state index contributed by atoms with van der Waals surface area (Å²) in [5, 5.41) is 5.25. The Bertz CT molecular complexity index is 1010. The highest BCUT2D eigenvalue weighted by molar-refractivity contribution is 6.03. The second-order valence-corrected chi connectivity index (χ2v) is 6.17. The molecule has 1 aromatic heterocycles. The molecule has 0 saturated heterocycles. The molecule has 1 heterocycles. The summed E-state index contributed by atoms with van der Waals surface area (Å²) in [7, 11) is 1.51. The van der Waals surface area contributed by atoms with Crippen LogP contribution in [0.5, 0.6) is 11.5 Å². The fourth-order valence-electron chi connectivity index (χ4n) is 2.90. The molecular weight excluding hydrogens is 344 g/mol. The molecular formula is C21H22N2O4. The standard InChI is InChI=1S/C21H22N2O4/c1-3-4-9-14-23-20(24)16-11-6-5-10-15(16)19(22-23)21(25)27-18-13-8-7-12-17(18)26-2/h5-8,10-13H,3-4,9,14H2,1-2H3. The third-order valence-electron chi connectivity index (χ3n) is 4.31. The molecule has 6 nitrogen and oxygen atoms in total. The van der Waals surface area contributed by atoms with E-state index in [0.29, 0.717) is 28.8 Å². The normalized spacial score (nSPS) is 10.7. The van der Waals surface area contributed by atoms with E-state index < -0.39 is 5.97 Å². The lowest BCUT2D eigenvalue weighted by Crippen LogP contribution is -2.27. The van der Waals surface area contributed by atoms with Crippen LogP contribution in [0, 0.1) is 0 Å². The van der Waals surface area contributed by atoms with Gasteiger partial charge in [-0.15, -0.1) is 0 Å². The monoisotopic (exact) mass is 366 g/mol. The van der Waals surface area contributed by atoms with Crippen LogP contribution in [0.2, 0.25) is 0 Å². The van der Waals surface area contributed by atoms with Crippen molar-refractivity contribution in [1.82, 2.24) is 9.78 Å². The van der Waals surface area contributed by atoms with E-state index in [0.717, 1.165) is 19.3 Å². The van der Waals surface area contributed by atoms with E-state index in [9.17, 15) is 9.59 Å². The van der Waals surface area contributed by atoms with E-state index in [1.54, 1.807) is 48.5 Å². The molecule has 0 amide bonds. The molecule has 0 bridgehead atoms. The molecule has 0 aliphatic carbocycles. The second kappa shape index (κ2) is 8.49. The van der Waals surface area contributed by atoms with Gasteiger partial charge in [0.2, 0.25) is 0 Å². The average Bonchev–Trinajstić information content (AvgIpc) is 2.70. The Balaban J connectivity index is 2.02. The lowest BCUT2D eigenvalue weighted by Gasteiger charge is -2.12. The van der Waals surface area contributed by atoms with Gasteiger partial charge in [-0.05, 0) is 24.6 Å². The van der Waals surface area contributed by atoms with Gasteiger partial charge in [0.05, 0.1) is 12.5 Å². The Morgan fingerprint density at radius 3 is 2.37 bits per heavy atom. The number of hydrogen-bond donors (Lipinski definition) is 0. The Hall–Kier alpha value is -3.15. The maximum atomic E-state index is 12.8. The molecule has 0 radical (unpaired) electrons. The van der Waals surface area contributed by atoms with E-state index >= 15 is 0 Å². The van der Waals surface area contributed by atoms with Gasteiger partial charge in [-0.3, -0.25) is 4.79 Å². The predicted molar refractivity (Wildman–Crippen MR) is 103 cm³/mol. The average molecular weight is 366 g/mol. The minimum Gasteiger partial charge on any atom is -0.493 e. The molecule has 0 aliphatic heterocycles. The van der Waals surface area contributed by atoms with Crippen molar-refractivity contribution in [3.05, 3.63) is 64.6 Å². The molecule has 140 valence electrons. The van der Waals surface area contributed by atoms with Crippen LogP contribution in [0.3, 0.4) is 0 Å². The van der Waals surface area contributed by atoms with Crippen LogP contribution in [0.4, 0.5) is 0 Å². The van der Waals surface area contributed by atoms with E-state index in [4.69, 9.17) is 9.47 Å². The molecule has 0 N–H and O–H groups in total. The van der Waals surface area contributed by atoms with E-state index in [-0.39, 0.29) is 11.3 Å². The first-order valence-electron chi connectivity index (χ1n) is 9.00. The van der Waals surface area contributed by atoms with Crippen molar-refractivity contribution in [2.24, 2.45) is 0 Å². The SMILES string of the molecule is CCCCCn1nc(C(=O)Oc2ccccc2OC)c2ccccc2c1=O. The largest absolute Gasteiger partial charge is 0.493 e. The number of nitrogens with zero attached hydrogens (tertiary/aromatic N) is 2.